The van der Waals surface area contributed by atoms with Gasteiger partial charge < -0.3 is 15.0 Å². The highest BCUT2D eigenvalue weighted by molar-refractivity contribution is 14.0. The number of ether oxygens (including phenoxy) is 1. The van der Waals surface area contributed by atoms with Gasteiger partial charge in [-0.2, -0.15) is 0 Å². The molecule has 1 aromatic carbocycles. The number of aliphatic imine (C=N–C) groups is 1. The number of thiazole rings is 1. The summed E-state index contributed by atoms with van der Waals surface area (Å²) in [7, 11) is 3.77. The monoisotopic (exact) mass is 514 g/mol. The smallest absolute Gasteiger partial charge is 0.194 e. The van der Waals surface area contributed by atoms with Crippen molar-refractivity contribution < 1.29 is 4.74 Å². The highest BCUT2D eigenvalue weighted by atomic mass is 127. The number of hydrogen-bond donors (Lipinski definition) is 1. The first-order chi connectivity index (χ1) is 13.1. The van der Waals surface area contributed by atoms with Crippen LogP contribution in [0.2, 0.25) is 0 Å². The van der Waals surface area contributed by atoms with Gasteiger partial charge in [-0.25, -0.2) is 9.98 Å². The van der Waals surface area contributed by atoms with Crippen LogP contribution in [0.3, 0.4) is 0 Å². The molecule has 0 bridgehead atoms. The number of aryl methyl sites for hydroxylation is 2. The van der Waals surface area contributed by atoms with Gasteiger partial charge in [0.25, 0.3) is 0 Å². The van der Waals surface area contributed by atoms with E-state index in [1.54, 1.807) is 18.4 Å². The number of rotatable bonds is 7. The van der Waals surface area contributed by atoms with E-state index in [1.165, 1.54) is 36.0 Å². The molecule has 1 aliphatic carbocycles. The summed E-state index contributed by atoms with van der Waals surface area (Å²) >= 11 is 1.65. The van der Waals surface area contributed by atoms with Crippen molar-refractivity contribution in [2.24, 2.45) is 4.99 Å². The lowest BCUT2D eigenvalue weighted by atomic mass is 10.1. The Balaban J connectivity index is 0.00000280. The lowest BCUT2D eigenvalue weighted by Gasteiger charge is -2.21. The van der Waals surface area contributed by atoms with Crippen LogP contribution in [0.1, 0.15) is 53.8 Å². The van der Waals surface area contributed by atoms with Gasteiger partial charge in [0.2, 0.25) is 0 Å². The van der Waals surface area contributed by atoms with Crippen molar-refractivity contribution in [3.63, 3.8) is 0 Å². The number of nitrogens with zero attached hydrogens (tertiary/aromatic N) is 3. The fourth-order valence-electron chi connectivity index (χ4n) is 3.36. The van der Waals surface area contributed by atoms with E-state index in [0.717, 1.165) is 29.8 Å². The van der Waals surface area contributed by atoms with Gasteiger partial charge in [-0.1, -0.05) is 18.2 Å². The molecule has 154 valence electrons. The van der Waals surface area contributed by atoms with Crippen molar-refractivity contribution in [3.8, 4) is 0 Å². The second-order valence-corrected chi connectivity index (χ2v) is 7.93. The lowest BCUT2D eigenvalue weighted by Crippen LogP contribution is -2.38. The van der Waals surface area contributed by atoms with Gasteiger partial charge in [-0.3, -0.25) is 0 Å². The zero-order chi connectivity index (χ0) is 19.2. The predicted octanol–water partition coefficient (Wildman–Crippen LogP) is 4.55. The number of fused-ring (bicyclic) bond motifs is 1. The first-order valence-corrected chi connectivity index (χ1v) is 10.6. The van der Waals surface area contributed by atoms with Crippen LogP contribution in [-0.4, -0.2) is 36.5 Å². The number of nitrogens with one attached hydrogen (secondary N) is 1. The summed E-state index contributed by atoms with van der Waals surface area (Å²) in [6.07, 6.45) is 3.75. The predicted molar refractivity (Wildman–Crippen MR) is 128 cm³/mol. The molecule has 5 nitrogen and oxygen atoms in total. The molecular formula is C21H31IN4OS. The molecule has 0 radical (unpaired) electrons. The standard InChI is InChI=1S/C21H30N4OS.HI/c1-5-22-21(23-12-16-9-10-17-7-6-8-18(17)11-16)25(3)13-19-14-27-20(24-19)15(2)26-4;/h9-11,14-15H,5-8,12-13H2,1-4H3,(H,22,23);1H. The molecule has 3 rings (SSSR count). The van der Waals surface area contributed by atoms with E-state index in [4.69, 9.17) is 14.7 Å². The quantitative estimate of drug-likeness (QED) is 0.335. The lowest BCUT2D eigenvalue weighted by molar-refractivity contribution is 0.119. The highest BCUT2D eigenvalue weighted by Crippen LogP contribution is 2.23. The van der Waals surface area contributed by atoms with E-state index < -0.39 is 0 Å². The third-order valence-electron chi connectivity index (χ3n) is 4.94. The summed E-state index contributed by atoms with van der Waals surface area (Å²) in [6, 6.07) is 6.82. The normalized spacial score (nSPS) is 14.4. The molecule has 1 aliphatic rings. The van der Waals surface area contributed by atoms with Crippen LogP contribution >= 0.6 is 35.3 Å². The molecule has 0 fully saturated rings. The Morgan fingerprint density at radius 3 is 2.89 bits per heavy atom. The Kier molecular flexibility index (Phi) is 9.17. The van der Waals surface area contributed by atoms with Crippen LogP contribution in [0, 0.1) is 0 Å². The zero-order valence-corrected chi connectivity index (χ0v) is 20.3. The van der Waals surface area contributed by atoms with Gasteiger partial charge in [0.15, 0.2) is 5.96 Å². The average Bonchev–Trinajstić information content (AvgIpc) is 3.33. The van der Waals surface area contributed by atoms with Crippen molar-refractivity contribution in [1.29, 1.82) is 0 Å². The first-order valence-electron chi connectivity index (χ1n) is 9.68. The van der Waals surface area contributed by atoms with Crippen molar-refractivity contribution in [1.82, 2.24) is 15.2 Å². The van der Waals surface area contributed by atoms with E-state index in [0.29, 0.717) is 6.54 Å². The van der Waals surface area contributed by atoms with E-state index in [2.05, 4.69) is 47.8 Å². The van der Waals surface area contributed by atoms with Gasteiger partial charge >= 0.3 is 0 Å². The first kappa shape index (κ1) is 23.1. The fourth-order valence-corrected chi connectivity index (χ4v) is 4.20. The number of benzene rings is 1. The van der Waals surface area contributed by atoms with Crippen LogP contribution in [0.5, 0.6) is 0 Å². The number of guanidine groups is 1. The minimum absolute atomic E-state index is 0. The minimum Gasteiger partial charge on any atom is -0.375 e. The molecule has 7 heteroatoms. The third-order valence-corrected chi connectivity index (χ3v) is 6.00. The zero-order valence-electron chi connectivity index (χ0n) is 17.2. The SMILES string of the molecule is CCNC(=NCc1ccc2c(c1)CCC2)N(C)Cc1csc(C(C)OC)n1.I. The molecule has 0 saturated carbocycles. The van der Waals surface area contributed by atoms with Crippen LogP contribution in [0.4, 0.5) is 0 Å². The number of halogens is 1. The highest BCUT2D eigenvalue weighted by Gasteiger charge is 2.13. The molecular weight excluding hydrogens is 483 g/mol. The van der Waals surface area contributed by atoms with Crippen LogP contribution in [0.15, 0.2) is 28.6 Å². The van der Waals surface area contributed by atoms with Crippen molar-refractivity contribution >= 4 is 41.3 Å². The summed E-state index contributed by atoms with van der Waals surface area (Å²) in [5.74, 6) is 0.910. The second kappa shape index (κ2) is 11.1. The third kappa shape index (κ3) is 5.90. The molecule has 1 aromatic heterocycles. The Morgan fingerprint density at radius 2 is 2.14 bits per heavy atom. The molecule has 0 aliphatic heterocycles. The Labute approximate surface area is 189 Å². The summed E-state index contributed by atoms with van der Waals surface area (Å²) in [4.78, 5) is 11.7. The Hall–Kier alpha value is -1.19. The van der Waals surface area contributed by atoms with Gasteiger partial charge in [-0.15, -0.1) is 35.3 Å². The van der Waals surface area contributed by atoms with Gasteiger partial charge in [0.1, 0.15) is 11.1 Å². The molecule has 2 aromatic rings. The van der Waals surface area contributed by atoms with Crippen LogP contribution < -0.4 is 5.32 Å². The molecule has 1 N–H and O–H groups in total. The maximum Gasteiger partial charge on any atom is 0.194 e. The Morgan fingerprint density at radius 1 is 1.36 bits per heavy atom. The van der Waals surface area contributed by atoms with E-state index in [9.17, 15) is 0 Å². The van der Waals surface area contributed by atoms with E-state index in [-0.39, 0.29) is 30.1 Å². The van der Waals surface area contributed by atoms with Crippen LogP contribution in [0.25, 0.3) is 0 Å². The molecule has 0 spiro atoms. The van der Waals surface area contributed by atoms with Crippen molar-refractivity contribution in [3.05, 3.63) is 51.0 Å². The van der Waals surface area contributed by atoms with Crippen molar-refractivity contribution in [2.75, 3.05) is 20.7 Å². The average molecular weight is 514 g/mol. The largest absolute Gasteiger partial charge is 0.375 e. The van der Waals surface area contributed by atoms with Gasteiger partial charge in [0.05, 0.1) is 18.8 Å². The maximum atomic E-state index is 5.36. The topological polar surface area (TPSA) is 49.8 Å². The molecule has 0 saturated heterocycles. The van der Waals surface area contributed by atoms with Crippen LogP contribution in [-0.2, 0) is 30.7 Å². The Bertz CT molecular complexity index is 792. The molecule has 1 unspecified atom stereocenters. The summed E-state index contributed by atoms with van der Waals surface area (Å²) in [6.45, 7) is 6.39. The van der Waals surface area contributed by atoms with E-state index in [1.807, 2.05) is 6.92 Å². The molecule has 1 atom stereocenters. The van der Waals surface area contributed by atoms with E-state index >= 15 is 0 Å². The summed E-state index contributed by atoms with van der Waals surface area (Å²) in [5.41, 5.74) is 5.34. The maximum absolute atomic E-state index is 5.36. The summed E-state index contributed by atoms with van der Waals surface area (Å²) in [5, 5.41) is 6.51. The fraction of sp³-hybridized carbons (Fsp3) is 0.524. The number of aromatic nitrogens is 1. The molecule has 28 heavy (non-hydrogen) atoms. The van der Waals surface area contributed by atoms with Gasteiger partial charge in [0, 0.05) is 26.1 Å². The molecule has 0 amide bonds. The molecule has 1 heterocycles. The number of methoxy groups -OCH3 is 1. The second-order valence-electron chi connectivity index (χ2n) is 7.04. The summed E-state index contributed by atoms with van der Waals surface area (Å²) < 4.78 is 5.36. The van der Waals surface area contributed by atoms with Crippen molar-refractivity contribution in [2.45, 2.75) is 52.3 Å². The van der Waals surface area contributed by atoms with Gasteiger partial charge in [-0.05, 0) is 49.8 Å². The minimum atomic E-state index is 0. The number of hydrogen-bond acceptors (Lipinski definition) is 4.